The standard InChI is InChI=1S/C24H20ClN3O5/c1-32-16-6-7-20-17(10-16)19(29)11-24(33-20)8-9-28(13-24)23(31)18-12-26-21(27-22(18)30)14-2-4-15(25)5-3-14/h2-7,10,12H,8-9,11,13H2,1H3,(H,26,27,30). The second kappa shape index (κ2) is 8.04. The molecule has 33 heavy (non-hydrogen) atoms. The summed E-state index contributed by atoms with van der Waals surface area (Å²) in [6.45, 7) is 0.581. The van der Waals surface area contributed by atoms with Crippen LogP contribution in [0.15, 0.2) is 53.5 Å². The van der Waals surface area contributed by atoms with Crippen molar-refractivity contribution in [3.8, 4) is 22.9 Å². The summed E-state index contributed by atoms with van der Waals surface area (Å²) in [4.78, 5) is 47.0. The Bertz CT molecular complexity index is 1320. The lowest BCUT2D eigenvalue weighted by atomic mass is 9.89. The second-order valence-corrected chi connectivity index (χ2v) is 8.64. The molecule has 1 saturated heterocycles. The van der Waals surface area contributed by atoms with Gasteiger partial charge in [-0.2, -0.15) is 0 Å². The van der Waals surface area contributed by atoms with Crippen molar-refractivity contribution in [2.24, 2.45) is 0 Å². The quantitative estimate of drug-likeness (QED) is 0.636. The Morgan fingerprint density at radius 2 is 2.00 bits per heavy atom. The van der Waals surface area contributed by atoms with Crippen molar-refractivity contribution < 1.29 is 19.1 Å². The van der Waals surface area contributed by atoms with Crippen LogP contribution in [0.2, 0.25) is 5.02 Å². The molecule has 1 amide bonds. The van der Waals surface area contributed by atoms with Crippen molar-refractivity contribution in [1.29, 1.82) is 0 Å². The zero-order chi connectivity index (χ0) is 23.2. The zero-order valence-corrected chi connectivity index (χ0v) is 18.5. The molecule has 9 heteroatoms. The molecule has 2 aliphatic heterocycles. The molecule has 8 nitrogen and oxygen atoms in total. The number of rotatable bonds is 3. The molecule has 5 rings (SSSR count). The number of ether oxygens (including phenoxy) is 2. The first kappa shape index (κ1) is 21.2. The number of nitrogens with one attached hydrogen (secondary N) is 1. The fourth-order valence-corrected chi connectivity index (χ4v) is 4.44. The summed E-state index contributed by atoms with van der Waals surface area (Å²) >= 11 is 5.90. The van der Waals surface area contributed by atoms with Crippen LogP contribution in [0.4, 0.5) is 0 Å². The first-order valence-corrected chi connectivity index (χ1v) is 10.8. The highest BCUT2D eigenvalue weighted by Crippen LogP contribution is 2.40. The third kappa shape index (κ3) is 3.87. The summed E-state index contributed by atoms with van der Waals surface area (Å²) in [5, 5.41) is 0.570. The Hall–Kier alpha value is -3.65. The van der Waals surface area contributed by atoms with Gasteiger partial charge in [-0.25, -0.2) is 4.98 Å². The monoisotopic (exact) mass is 465 g/mol. The van der Waals surface area contributed by atoms with Gasteiger partial charge >= 0.3 is 0 Å². The molecule has 1 atom stereocenters. The van der Waals surface area contributed by atoms with Gasteiger partial charge in [-0.05, 0) is 42.5 Å². The number of hydrogen-bond donors (Lipinski definition) is 1. The fourth-order valence-electron chi connectivity index (χ4n) is 4.32. The normalized spacial score (nSPS) is 19.3. The number of benzene rings is 2. The SMILES string of the molecule is COc1ccc2c(c1)C(=O)CC1(CCN(C(=O)c3cnc(-c4ccc(Cl)cc4)[nH]c3=O)C1)O2. The number of likely N-dealkylation sites (tertiary alicyclic amines) is 1. The van der Waals surface area contributed by atoms with E-state index in [2.05, 4.69) is 9.97 Å². The van der Waals surface area contributed by atoms with Crippen LogP contribution < -0.4 is 15.0 Å². The number of Topliss-reactive ketones (excluding diaryl/α,β-unsaturated/α-hetero) is 1. The van der Waals surface area contributed by atoms with Gasteiger partial charge in [-0.3, -0.25) is 14.4 Å². The first-order valence-electron chi connectivity index (χ1n) is 10.4. The minimum absolute atomic E-state index is 0.0583. The number of H-pyrrole nitrogens is 1. The van der Waals surface area contributed by atoms with Gasteiger partial charge in [0.1, 0.15) is 28.5 Å². The number of hydrogen-bond acceptors (Lipinski definition) is 6. The number of carbonyl (C=O) groups excluding carboxylic acids is 2. The van der Waals surface area contributed by atoms with Gasteiger partial charge in [-0.1, -0.05) is 11.6 Å². The van der Waals surface area contributed by atoms with Crippen LogP contribution >= 0.6 is 11.6 Å². The molecule has 0 radical (unpaired) electrons. The predicted molar refractivity (Wildman–Crippen MR) is 121 cm³/mol. The predicted octanol–water partition coefficient (Wildman–Crippen LogP) is 3.35. The van der Waals surface area contributed by atoms with Crippen LogP contribution in [0.3, 0.4) is 0 Å². The molecule has 1 fully saturated rings. The van der Waals surface area contributed by atoms with E-state index in [4.69, 9.17) is 21.1 Å². The molecule has 2 aromatic carbocycles. The van der Waals surface area contributed by atoms with Gasteiger partial charge in [0.15, 0.2) is 5.78 Å². The average Bonchev–Trinajstić information content (AvgIpc) is 3.21. The third-order valence-electron chi connectivity index (χ3n) is 6.05. The largest absolute Gasteiger partial charge is 0.497 e. The molecule has 1 unspecified atom stereocenters. The molecule has 1 spiro atoms. The Labute approximate surface area is 194 Å². The van der Waals surface area contributed by atoms with Crippen LogP contribution in [-0.4, -0.2) is 52.4 Å². The van der Waals surface area contributed by atoms with Crippen LogP contribution in [0.5, 0.6) is 11.5 Å². The van der Waals surface area contributed by atoms with E-state index in [1.54, 1.807) is 42.5 Å². The third-order valence-corrected chi connectivity index (χ3v) is 6.30. The van der Waals surface area contributed by atoms with E-state index in [0.717, 1.165) is 0 Å². The van der Waals surface area contributed by atoms with Gasteiger partial charge < -0.3 is 19.4 Å². The number of nitrogens with zero attached hydrogens (tertiary/aromatic N) is 2. The number of aromatic amines is 1. The van der Waals surface area contributed by atoms with Crippen molar-refractivity contribution in [3.63, 3.8) is 0 Å². The molecular formula is C24H20ClN3O5. The summed E-state index contributed by atoms with van der Waals surface area (Å²) in [5.74, 6) is 0.905. The number of fused-ring (bicyclic) bond motifs is 1. The Balaban J connectivity index is 1.35. The maximum atomic E-state index is 13.1. The maximum Gasteiger partial charge on any atom is 0.264 e. The molecule has 1 aromatic heterocycles. The van der Waals surface area contributed by atoms with Gasteiger partial charge in [-0.15, -0.1) is 0 Å². The minimum atomic E-state index is -0.808. The molecule has 168 valence electrons. The Morgan fingerprint density at radius 3 is 2.73 bits per heavy atom. The number of ketones is 1. The average molecular weight is 466 g/mol. The van der Waals surface area contributed by atoms with E-state index in [1.807, 2.05) is 0 Å². The topological polar surface area (TPSA) is 102 Å². The summed E-state index contributed by atoms with van der Waals surface area (Å²) in [6.07, 6.45) is 1.93. The van der Waals surface area contributed by atoms with E-state index in [9.17, 15) is 14.4 Å². The van der Waals surface area contributed by atoms with Crippen LogP contribution in [0, 0.1) is 0 Å². The van der Waals surface area contributed by atoms with E-state index in [0.29, 0.717) is 46.4 Å². The van der Waals surface area contributed by atoms with E-state index in [-0.39, 0.29) is 24.3 Å². The summed E-state index contributed by atoms with van der Waals surface area (Å²) in [6, 6.07) is 12.0. The molecule has 0 saturated carbocycles. The van der Waals surface area contributed by atoms with Gasteiger partial charge in [0.2, 0.25) is 0 Å². The fraction of sp³-hybridized carbons (Fsp3) is 0.250. The summed E-state index contributed by atoms with van der Waals surface area (Å²) < 4.78 is 11.4. The van der Waals surface area contributed by atoms with Crippen molar-refractivity contribution >= 4 is 23.3 Å². The maximum absolute atomic E-state index is 13.1. The minimum Gasteiger partial charge on any atom is -0.497 e. The molecule has 0 aliphatic carbocycles. The van der Waals surface area contributed by atoms with Crippen molar-refractivity contribution in [3.05, 3.63) is 75.2 Å². The Kier molecular flexibility index (Phi) is 5.17. The smallest absolute Gasteiger partial charge is 0.264 e. The van der Waals surface area contributed by atoms with Gasteiger partial charge in [0.05, 0.1) is 25.6 Å². The van der Waals surface area contributed by atoms with Gasteiger partial charge in [0, 0.05) is 29.7 Å². The number of carbonyl (C=O) groups is 2. The zero-order valence-electron chi connectivity index (χ0n) is 17.8. The number of amides is 1. The van der Waals surface area contributed by atoms with Gasteiger partial charge in [0.25, 0.3) is 11.5 Å². The lowest BCUT2D eigenvalue weighted by molar-refractivity contribution is 0.0427. The lowest BCUT2D eigenvalue weighted by Crippen LogP contribution is -2.45. The van der Waals surface area contributed by atoms with Crippen molar-refractivity contribution in [2.75, 3.05) is 20.2 Å². The molecular weight excluding hydrogens is 446 g/mol. The number of aromatic nitrogens is 2. The molecule has 2 aliphatic rings. The molecule has 3 aromatic rings. The van der Waals surface area contributed by atoms with E-state index < -0.39 is 17.1 Å². The molecule has 1 N–H and O–H groups in total. The highest BCUT2D eigenvalue weighted by atomic mass is 35.5. The summed E-state index contributed by atoms with van der Waals surface area (Å²) in [7, 11) is 1.54. The summed E-state index contributed by atoms with van der Waals surface area (Å²) in [5.41, 5.74) is -0.239. The first-order chi connectivity index (χ1) is 15.9. The highest BCUT2D eigenvalue weighted by molar-refractivity contribution is 6.30. The van der Waals surface area contributed by atoms with Crippen LogP contribution in [0.25, 0.3) is 11.4 Å². The molecule has 0 bridgehead atoms. The number of methoxy groups -OCH3 is 1. The van der Waals surface area contributed by atoms with E-state index >= 15 is 0 Å². The van der Waals surface area contributed by atoms with Crippen LogP contribution in [0.1, 0.15) is 33.6 Å². The van der Waals surface area contributed by atoms with Crippen molar-refractivity contribution in [2.45, 2.75) is 18.4 Å². The lowest BCUT2D eigenvalue weighted by Gasteiger charge is -2.34. The van der Waals surface area contributed by atoms with Crippen molar-refractivity contribution in [1.82, 2.24) is 14.9 Å². The highest BCUT2D eigenvalue weighted by Gasteiger charge is 2.47. The Morgan fingerprint density at radius 1 is 1.21 bits per heavy atom. The molecule has 3 heterocycles. The van der Waals surface area contributed by atoms with Crippen LogP contribution in [-0.2, 0) is 0 Å². The second-order valence-electron chi connectivity index (χ2n) is 8.21. The van der Waals surface area contributed by atoms with E-state index in [1.165, 1.54) is 18.2 Å². The number of halogens is 1.